The van der Waals surface area contributed by atoms with Crippen LogP contribution < -0.4 is 11.3 Å². The van der Waals surface area contributed by atoms with E-state index in [0.29, 0.717) is 12.4 Å². The molecule has 3 N–H and O–H groups in total. The Morgan fingerprint density at radius 3 is 2.72 bits per heavy atom. The number of nitrogens with zero attached hydrogens (tertiary/aromatic N) is 1. The van der Waals surface area contributed by atoms with Gasteiger partial charge in [0.2, 0.25) is 0 Å². The quantitative estimate of drug-likeness (QED) is 0.896. The van der Waals surface area contributed by atoms with Gasteiger partial charge >= 0.3 is 0 Å². The number of hydrogen-bond acceptors (Lipinski definition) is 2. The Kier molecular flexibility index (Phi) is 3.48. The van der Waals surface area contributed by atoms with Crippen molar-refractivity contribution in [3.8, 4) is 0 Å². The van der Waals surface area contributed by atoms with Gasteiger partial charge in [-0.25, -0.2) is 0 Å². The normalized spacial score (nSPS) is 12.6. The minimum Gasteiger partial charge on any atom is -0.384 e. The third kappa shape index (κ3) is 2.59. The average Bonchev–Trinajstić information content (AvgIpc) is 2.61. The number of nitrogen functional groups attached to an aromatic ring is 1. The van der Waals surface area contributed by atoms with E-state index < -0.39 is 0 Å². The highest BCUT2D eigenvalue weighted by molar-refractivity contribution is 6.31. The Morgan fingerprint density at radius 1 is 1.44 bits per heavy atom. The summed E-state index contributed by atoms with van der Waals surface area (Å²) < 4.78 is 1.51. The number of nitrogens with two attached hydrogens (primary N) is 1. The molecule has 0 saturated heterocycles. The molecule has 1 aromatic carbocycles. The Morgan fingerprint density at radius 2 is 2.17 bits per heavy atom. The molecule has 0 amide bonds. The first kappa shape index (κ1) is 12.8. The predicted molar refractivity (Wildman–Crippen MR) is 74.1 cm³/mol. The molecule has 1 heterocycles. The van der Waals surface area contributed by atoms with E-state index in [1.165, 1.54) is 10.7 Å². The van der Waals surface area contributed by atoms with Crippen LogP contribution in [0.2, 0.25) is 5.02 Å². The molecule has 0 aliphatic heterocycles. The number of benzene rings is 1. The fourth-order valence-electron chi connectivity index (χ4n) is 1.88. The van der Waals surface area contributed by atoms with Gasteiger partial charge in [-0.05, 0) is 24.1 Å². The first-order valence-corrected chi connectivity index (χ1v) is 6.16. The Bertz CT molecular complexity index is 615. The number of halogens is 1. The molecule has 18 heavy (non-hydrogen) atoms. The van der Waals surface area contributed by atoms with E-state index in [9.17, 15) is 4.79 Å². The number of hydrogen-bond donors (Lipinski definition) is 2. The molecule has 4 nitrogen and oxygen atoms in total. The third-order valence-corrected chi connectivity index (χ3v) is 3.44. The predicted octanol–water partition coefficient (Wildman–Crippen LogP) is 2.52. The van der Waals surface area contributed by atoms with Crippen LogP contribution in [0.1, 0.15) is 24.0 Å². The summed E-state index contributed by atoms with van der Waals surface area (Å²) in [5.74, 6) is 0.563. The molecule has 0 aliphatic rings. The fourth-order valence-corrected chi connectivity index (χ4v) is 2.07. The molecule has 0 aliphatic carbocycles. The molecule has 0 saturated carbocycles. The van der Waals surface area contributed by atoms with Crippen LogP contribution in [0.15, 0.2) is 29.1 Å². The van der Waals surface area contributed by atoms with Crippen LogP contribution in [0, 0.1) is 6.92 Å². The molecule has 1 aromatic heterocycles. The summed E-state index contributed by atoms with van der Waals surface area (Å²) >= 11 is 6.10. The van der Waals surface area contributed by atoms with Crippen molar-refractivity contribution in [2.24, 2.45) is 0 Å². The number of nitrogens with one attached hydrogen (secondary N) is 1. The molecule has 2 rings (SSSR count). The zero-order chi connectivity index (χ0) is 13.3. The molecule has 1 unspecified atom stereocenters. The maximum absolute atomic E-state index is 11.6. The molecule has 96 valence electrons. The third-order valence-electron chi connectivity index (χ3n) is 3.03. The first-order valence-electron chi connectivity index (χ1n) is 5.78. The standard InChI is InChI=1S/C13H16ClN3O/c1-8-3-4-10(5-11(8)14)9(2)7-17-13(18)6-12(15)16-17/h3-6,9,16H,7,15H2,1-2H3. The number of anilines is 1. The summed E-state index contributed by atoms with van der Waals surface area (Å²) in [7, 11) is 0. The molecule has 0 spiro atoms. The summed E-state index contributed by atoms with van der Waals surface area (Å²) in [4.78, 5) is 11.6. The number of aryl methyl sites for hydroxylation is 1. The van der Waals surface area contributed by atoms with E-state index in [-0.39, 0.29) is 11.5 Å². The van der Waals surface area contributed by atoms with Gasteiger partial charge in [-0.3, -0.25) is 14.6 Å². The van der Waals surface area contributed by atoms with Gasteiger partial charge in [-0.15, -0.1) is 0 Å². The topological polar surface area (TPSA) is 63.8 Å². The number of aromatic nitrogens is 2. The van der Waals surface area contributed by atoms with E-state index in [1.54, 1.807) is 0 Å². The number of aromatic amines is 1. The second kappa shape index (κ2) is 4.90. The maximum Gasteiger partial charge on any atom is 0.268 e. The van der Waals surface area contributed by atoms with Crippen LogP contribution in [-0.2, 0) is 6.54 Å². The molecule has 0 radical (unpaired) electrons. The van der Waals surface area contributed by atoms with Gasteiger partial charge in [0.15, 0.2) is 0 Å². The van der Waals surface area contributed by atoms with Gasteiger partial charge < -0.3 is 5.73 Å². The number of rotatable bonds is 3. The van der Waals surface area contributed by atoms with E-state index in [0.717, 1.165) is 16.1 Å². The zero-order valence-electron chi connectivity index (χ0n) is 10.4. The van der Waals surface area contributed by atoms with E-state index in [4.69, 9.17) is 17.3 Å². The highest BCUT2D eigenvalue weighted by Crippen LogP contribution is 2.23. The van der Waals surface area contributed by atoms with Gasteiger partial charge in [0, 0.05) is 23.6 Å². The summed E-state index contributed by atoms with van der Waals surface area (Å²) in [5.41, 5.74) is 7.58. The lowest BCUT2D eigenvalue weighted by Gasteiger charge is -2.13. The minimum atomic E-state index is -0.113. The highest BCUT2D eigenvalue weighted by atomic mass is 35.5. The Balaban J connectivity index is 2.21. The summed E-state index contributed by atoms with van der Waals surface area (Å²) in [5, 5.41) is 3.57. The second-order valence-corrected chi connectivity index (χ2v) is 4.98. The number of H-pyrrole nitrogens is 1. The van der Waals surface area contributed by atoms with Crippen LogP contribution >= 0.6 is 11.6 Å². The van der Waals surface area contributed by atoms with Gasteiger partial charge in [-0.1, -0.05) is 30.7 Å². The largest absolute Gasteiger partial charge is 0.384 e. The van der Waals surface area contributed by atoms with E-state index in [2.05, 4.69) is 5.10 Å². The van der Waals surface area contributed by atoms with Crippen molar-refractivity contribution in [3.63, 3.8) is 0 Å². The molecule has 5 heteroatoms. The second-order valence-electron chi connectivity index (χ2n) is 4.57. The molecular weight excluding hydrogens is 250 g/mol. The van der Waals surface area contributed by atoms with Crippen LogP contribution in [0.25, 0.3) is 0 Å². The van der Waals surface area contributed by atoms with Crippen molar-refractivity contribution < 1.29 is 0 Å². The lowest BCUT2D eigenvalue weighted by atomic mass is 10.00. The minimum absolute atomic E-state index is 0.113. The smallest absolute Gasteiger partial charge is 0.268 e. The zero-order valence-corrected chi connectivity index (χ0v) is 11.2. The highest BCUT2D eigenvalue weighted by Gasteiger charge is 2.10. The Hall–Kier alpha value is -1.68. The van der Waals surface area contributed by atoms with E-state index in [1.807, 2.05) is 32.0 Å². The monoisotopic (exact) mass is 265 g/mol. The summed E-state index contributed by atoms with van der Waals surface area (Å²) in [6.45, 7) is 4.56. The van der Waals surface area contributed by atoms with Crippen LogP contribution in [0.4, 0.5) is 5.82 Å². The van der Waals surface area contributed by atoms with Crippen LogP contribution in [-0.4, -0.2) is 9.78 Å². The fraction of sp³-hybridized carbons (Fsp3) is 0.308. The summed E-state index contributed by atoms with van der Waals surface area (Å²) in [6.07, 6.45) is 0. The molecular formula is C13H16ClN3O. The van der Waals surface area contributed by atoms with Gasteiger partial charge in [0.25, 0.3) is 5.56 Å². The molecule has 0 fully saturated rings. The molecule has 0 bridgehead atoms. The van der Waals surface area contributed by atoms with Crippen LogP contribution in [0.3, 0.4) is 0 Å². The van der Waals surface area contributed by atoms with Crippen molar-refractivity contribution in [3.05, 3.63) is 50.8 Å². The lowest BCUT2D eigenvalue weighted by Crippen LogP contribution is -2.19. The van der Waals surface area contributed by atoms with Crippen molar-refractivity contribution in [1.29, 1.82) is 0 Å². The van der Waals surface area contributed by atoms with Crippen molar-refractivity contribution >= 4 is 17.4 Å². The van der Waals surface area contributed by atoms with Crippen molar-refractivity contribution in [2.45, 2.75) is 26.3 Å². The first-order chi connectivity index (χ1) is 8.47. The molecule has 1 atom stereocenters. The van der Waals surface area contributed by atoms with Crippen molar-refractivity contribution in [2.75, 3.05) is 5.73 Å². The van der Waals surface area contributed by atoms with Gasteiger partial charge in [0.1, 0.15) is 5.82 Å². The Labute approximate surface area is 110 Å². The maximum atomic E-state index is 11.6. The average molecular weight is 266 g/mol. The summed E-state index contributed by atoms with van der Waals surface area (Å²) in [6, 6.07) is 7.34. The van der Waals surface area contributed by atoms with Crippen molar-refractivity contribution in [1.82, 2.24) is 9.78 Å². The van der Waals surface area contributed by atoms with Gasteiger partial charge in [-0.2, -0.15) is 0 Å². The van der Waals surface area contributed by atoms with Crippen LogP contribution in [0.5, 0.6) is 0 Å². The van der Waals surface area contributed by atoms with E-state index >= 15 is 0 Å². The lowest BCUT2D eigenvalue weighted by molar-refractivity contribution is 0.531. The molecule has 2 aromatic rings. The van der Waals surface area contributed by atoms with Gasteiger partial charge in [0.05, 0.1) is 0 Å². The SMILES string of the molecule is Cc1ccc(C(C)Cn2[nH]c(N)cc2=O)cc1Cl.